The molecule has 0 radical (unpaired) electrons. The molecule has 18 heavy (non-hydrogen) atoms. The Labute approximate surface area is 108 Å². The smallest absolute Gasteiger partial charge is 0.253 e. The lowest BCUT2D eigenvalue weighted by Crippen LogP contribution is -2.47. The first kappa shape index (κ1) is 11.5. The van der Waals surface area contributed by atoms with Crippen LogP contribution in [0.15, 0.2) is 18.2 Å². The lowest BCUT2D eigenvalue weighted by Gasteiger charge is -2.32. The van der Waals surface area contributed by atoms with E-state index in [1.165, 1.54) is 11.3 Å². The van der Waals surface area contributed by atoms with Gasteiger partial charge in [0, 0.05) is 44.0 Å². The van der Waals surface area contributed by atoms with Crippen molar-refractivity contribution in [1.82, 2.24) is 9.80 Å². The van der Waals surface area contributed by atoms with Gasteiger partial charge in [-0.05, 0) is 37.2 Å². The van der Waals surface area contributed by atoms with Gasteiger partial charge >= 0.3 is 0 Å². The summed E-state index contributed by atoms with van der Waals surface area (Å²) in [5, 5.41) is 3.32. The van der Waals surface area contributed by atoms with E-state index >= 15 is 0 Å². The molecule has 0 saturated carbocycles. The monoisotopic (exact) mass is 245 g/mol. The molecule has 1 saturated heterocycles. The van der Waals surface area contributed by atoms with Gasteiger partial charge in [0.2, 0.25) is 0 Å². The second kappa shape index (κ2) is 4.61. The summed E-state index contributed by atoms with van der Waals surface area (Å²) in [4.78, 5) is 16.6. The second-order valence-electron chi connectivity index (χ2n) is 5.14. The van der Waals surface area contributed by atoms with E-state index in [0.717, 1.165) is 44.7 Å². The van der Waals surface area contributed by atoms with Gasteiger partial charge in [-0.25, -0.2) is 0 Å². The van der Waals surface area contributed by atoms with Crippen molar-refractivity contribution in [2.45, 2.75) is 6.42 Å². The number of likely N-dealkylation sites (N-methyl/N-ethyl adjacent to an activating group) is 1. The van der Waals surface area contributed by atoms with Gasteiger partial charge < -0.3 is 15.1 Å². The van der Waals surface area contributed by atoms with Crippen LogP contribution < -0.4 is 5.32 Å². The zero-order valence-corrected chi connectivity index (χ0v) is 10.8. The van der Waals surface area contributed by atoms with Crippen LogP contribution in [-0.2, 0) is 6.42 Å². The summed E-state index contributed by atoms with van der Waals surface area (Å²) >= 11 is 0. The average molecular weight is 245 g/mol. The van der Waals surface area contributed by atoms with Crippen LogP contribution in [0.1, 0.15) is 15.9 Å². The molecule has 0 spiro atoms. The molecular weight excluding hydrogens is 226 g/mol. The fourth-order valence-corrected chi connectivity index (χ4v) is 2.63. The average Bonchev–Trinajstić information content (AvgIpc) is 2.86. The van der Waals surface area contributed by atoms with Crippen LogP contribution >= 0.6 is 0 Å². The minimum atomic E-state index is 0.179. The van der Waals surface area contributed by atoms with Crippen molar-refractivity contribution in [3.05, 3.63) is 29.3 Å². The molecule has 1 fully saturated rings. The van der Waals surface area contributed by atoms with Gasteiger partial charge in [-0.2, -0.15) is 0 Å². The van der Waals surface area contributed by atoms with E-state index < -0.39 is 0 Å². The molecule has 1 aromatic carbocycles. The number of hydrogen-bond donors (Lipinski definition) is 1. The molecule has 0 atom stereocenters. The van der Waals surface area contributed by atoms with E-state index in [1.54, 1.807) is 0 Å². The SMILES string of the molecule is CN1CCN(C(=O)c2ccc3c(c2)CCN3)CC1. The fourth-order valence-electron chi connectivity index (χ4n) is 2.63. The number of anilines is 1. The van der Waals surface area contributed by atoms with Gasteiger partial charge in [-0.1, -0.05) is 0 Å². The zero-order valence-electron chi connectivity index (χ0n) is 10.8. The van der Waals surface area contributed by atoms with Crippen LogP contribution in [-0.4, -0.2) is 55.5 Å². The standard InChI is InChI=1S/C14H19N3O/c1-16-6-8-17(9-7-16)14(18)12-2-3-13-11(10-12)4-5-15-13/h2-3,10,15H,4-9H2,1H3. The van der Waals surface area contributed by atoms with E-state index in [4.69, 9.17) is 0 Å². The number of hydrogen-bond acceptors (Lipinski definition) is 3. The molecule has 2 aliphatic rings. The van der Waals surface area contributed by atoms with Gasteiger partial charge in [-0.3, -0.25) is 4.79 Å². The van der Waals surface area contributed by atoms with Crippen LogP contribution in [0.4, 0.5) is 5.69 Å². The van der Waals surface area contributed by atoms with E-state index in [0.29, 0.717) is 0 Å². The molecule has 0 aliphatic carbocycles. The third kappa shape index (κ3) is 2.08. The lowest BCUT2D eigenvalue weighted by atomic mass is 10.1. The Morgan fingerprint density at radius 3 is 2.78 bits per heavy atom. The van der Waals surface area contributed by atoms with Crippen molar-refractivity contribution in [2.24, 2.45) is 0 Å². The van der Waals surface area contributed by atoms with E-state index in [-0.39, 0.29) is 5.91 Å². The quantitative estimate of drug-likeness (QED) is 0.803. The number of nitrogens with one attached hydrogen (secondary N) is 1. The Morgan fingerprint density at radius 2 is 2.00 bits per heavy atom. The summed E-state index contributed by atoms with van der Waals surface area (Å²) < 4.78 is 0. The van der Waals surface area contributed by atoms with Crippen molar-refractivity contribution >= 4 is 11.6 Å². The minimum absolute atomic E-state index is 0.179. The Bertz CT molecular complexity index is 464. The van der Waals surface area contributed by atoms with Crippen molar-refractivity contribution in [3.63, 3.8) is 0 Å². The van der Waals surface area contributed by atoms with E-state index in [9.17, 15) is 4.79 Å². The molecule has 2 heterocycles. The number of nitrogens with zero attached hydrogens (tertiary/aromatic N) is 2. The number of benzene rings is 1. The predicted molar refractivity (Wildman–Crippen MR) is 72.0 cm³/mol. The summed E-state index contributed by atoms with van der Waals surface area (Å²) in [6.45, 7) is 4.60. The van der Waals surface area contributed by atoms with Crippen molar-refractivity contribution < 1.29 is 4.79 Å². The molecular formula is C14H19N3O. The second-order valence-corrected chi connectivity index (χ2v) is 5.14. The molecule has 0 bridgehead atoms. The Balaban J connectivity index is 1.76. The van der Waals surface area contributed by atoms with E-state index in [2.05, 4.69) is 23.3 Å². The maximum Gasteiger partial charge on any atom is 0.253 e. The number of carbonyl (C=O) groups excluding carboxylic acids is 1. The maximum atomic E-state index is 12.4. The molecule has 1 amide bonds. The number of amides is 1. The van der Waals surface area contributed by atoms with Gasteiger partial charge in [0.1, 0.15) is 0 Å². The van der Waals surface area contributed by atoms with Gasteiger partial charge in [0.25, 0.3) is 5.91 Å². The number of piperazine rings is 1. The van der Waals surface area contributed by atoms with Gasteiger partial charge in [0.15, 0.2) is 0 Å². The van der Waals surface area contributed by atoms with Crippen LogP contribution in [0.3, 0.4) is 0 Å². The minimum Gasteiger partial charge on any atom is -0.384 e. The number of carbonyl (C=O) groups is 1. The topological polar surface area (TPSA) is 35.6 Å². The fraction of sp³-hybridized carbons (Fsp3) is 0.500. The van der Waals surface area contributed by atoms with Crippen molar-refractivity contribution in [1.29, 1.82) is 0 Å². The molecule has 96 valence electrons. The maximum absolute atomic E-state index is 12.4. The molecule has 0 unspecified atom stereocenters. The zero-order chi connectivity index (χ0) is 12.5. The van der Waals surface area contributed by atoms with Crippen molar-refractivity contribution in [2.75, 3.05) is 45.1 Å². The van der Waals surface area contributed by atoms with Crippen molar-refractivity contribution in [3.8, 4) is 0 Å². The summed E-state index contributed by atoms with van der Waals surface area (Å²) in [6.07, 6.45) is 1.03. The molecule has 0 aromatic heterocycles. The molecule has 4 heteroatoms. The van der Waals surface area contributed by atoms with Crippen LogP contribution in [0, 0.1) is 0 Å². The summed E-state index contributed by atoms with van der Waals surface area (Å²) in [6, 6.07) is 6.03. The first-order valence-corrected chi connectivity index (χ1v) is 6.58. The van der Waals surface area contributed by atoms with Gasteiger partial charge in [-0.15, -0.1) is 0 Å². The molecule has 3 rings (SSSR count). The third-order valence-corrected chi connectivity index (χ3v) is 3.85. The highest BCUT2D eigenvalue weighted by Gasteiger charge is 2.21. The first-order chi connectivity index (χ1) is 8.74. The summed E-state index contributed by atoms with van der Waals surface area (Å²) in [5.74, 6) is 0.179. The molecule has 1 aromatic rings. The Hall–Kier alpha value is -1.55. The molecule has 4 nitrogen and oxygen atoms in total. The highest BCUT2D eigenvalue weighted by molar-refractivity contribution is 5.95. The molecule has 2 aliphatic heterocycles. The predicted octanol–water partition coefficient (Wildman–Crippen LogP) is 1.04. The van der Waals surface area contributed by atoms with Gasteiger partial charge in [0.05, 0.1) is 0 Å². The third-order valence-electron chi connectivity index (χ3n) is 3.85. The lowest BCUT2D eigenvalue weighted by molar-refractivity contribution is 0.0664. The Morgan fingerprint density at radius 1 is 1.22 bits per heavy atom. The first-order valence-electron chi connectivity index (χ1n) is 6.58. The van der Waals surface area contributed by atoms with E-state index in [1.807, 2.05) is 17.0 Å². The summed E-state index contributed by atoms with van der Waals surface area (Å²) in [7, 11) is 2.10. The van der Waals surface area contributed by atoms with Crippen LogP contribution in [0.25, 0.3) is 0 Å². The normalized spacial score (nSPS) is 19.5. The highest BCUT2D eigenvalue weighted by atomic mass is 16.2. The Kier molecular flexibility index (Phi) is 2.96. The summed E-state index contributed by atoms with van der Waals surface area (Å²) in [5.41, 5.74) is 3.29. The molecule has 1 N–H and O–H groups in total. The number of fused-ring (bicyclic) bond motifs is 1. The highest BCUT2D eigenvalue weighted by Crippen LogP contribution is 2.23. The van der Waals surface area contributed by atoms with Crippen LogP contribution in [0.5, 0.6) is 0 Å². The largest absolute Gasteiger partial charge is 0.384 e. The number of rotatable bonds is 1. The van der Waals surface area contributed by atoms with Crippen LogP contribution in [0.2, 0.25) is 0 Å².